The highest BCUT2D eigenvalue weighted by Crippen LogP contribution is 2.22. The number of imidazole rings is 1. The molecule has 0 radical (unpaired) electrons. The molecule has 0 amide bonds. The van der Waals surface area contributed by atoms with Crippen molar-refractivity contribution in [3.63, 3.8) is 0 Å². The molecule has 0 spiro atoms. The number of aromatic nitrogens is 3. The van der Waals surface area contributed by atoms with E-state index >= 15 is 0 Å². The summed E-state index contributed by atoms with van der Waals surface area (Å²) in [6.45, 7) is 4.90. The molecule has 1 fully saturated rings. The zero-order chi connectivity index (χ0) is 13.9. The Morgan fingerprint density at radius 3 is 3.20 bits per heavy atom. The van der Waals surface area contributed by atoms with Gasteiger partial charge in [0.25, 0.3) is 0 Å². The lowest BCUT2D eigenvalue weighted by Crippen LogP contribution is -2.28. The standard InChI is InChI=1S/C14H19BrN4O/c1-2-12-10(3-4-20-12)5-16-6-11-7-18-14-8-17-13(15)9-19(11)14/h7-10,12,16H,2-6H2,1H3. The molecule has 0 aliphatic carbocycles. The normalized spacial score (nSPS) is 22.7. The molecular weight excluding hydrogens is 320 g/mol. The maximum Gasteiger partial charge on any atom is 0.155 e. The summed E-state index contributed by atoms with van der Waals surface area (Å²) in [6, 6.07) is 0. The quantitative estimate of drug-likeness (QED) is 0.909. The molecule has 1 N–H and O–H groups in total. The molecule has 5 nitrogen and oxygen atoms in total. The Kier molecular flexibility index (Phi) is 4.33. The van der Waals surface area contributed by atoms with E-state index in [2.05, 4.69) is 42.5 Å². The minimum Gasteiger partial charge on any atom is -0.378 e. The number of ether oxygens (including phenoxy) is 1. The summed E-state index contributed by atoms with van der Waals surface area (Å²) in [5.74, 6) is 0.632. The van der Waals surface area contributed by atoms with Crippen molar-refractivity contribution in [3.8, 4) is 0 Å². The van der Waals surface area contributed by atoms with E-state index in [1.165, 1.54) is 0 Å². The third kappa shape index (κ3) is 2.87. The second kappa shape index (κ2) is 6.20. The summed E-state index contributed by atoms with van der Waals surface area (Å²) in [6.07, 6.45) is 8.30. The van der Waals surface area contributed by atoms with Crippen molar-refractivity contribution in [1.82, 2.24) is 19.7 Å². The smallest absolute Gasteiger partial charge is 0.155 e. The second-order valence-electron chi connectivity index (χ2n) is 5.18. The average Bonchev–Trinajstić information content (AvgIpc) is 3.06. The van der Waals surface area contributed by atoms with Crippen molar-refractivity contribution in [2.45, 2.75) is 32.4 Å². The van der Waals surface area contributed by atoms with Gasteiger partial charge in [0, 0.05) is 25.9 Å². The predicted octanol–water partition coefficient (Wildman–Crippen LogP) is 2.40. The van der Waals surface area contributed by atoms with Gasteiger partial charge in [0.05, 0.1) is 24.2 Å². The third-order valence-electron chi connectivity index (χ3n) is 3.90. The van der Waals surface area contributed by atoms with Crippen LogP contribution in [0.4, 0.5) is 0 Å². The summed E-state index contributed by atoms with van der Waals surface area (Å²) in [5.41, 5.74) is 2.02. The van der Waals surface area contributed by atoms with Crippen LogP contribution in [-0.4, -0.2) is 33.6 Å². The zero-order valence-corrected chi connectivity index (χ0v) is 13.1. The van der Waals surface area contributed by atoms with Gasteiger partial charge in [0.1, 0.15) is 4.60 Å². The Labute approximate surface area is 126 Å². The van der Waals surface area contributed by atoms with Crippen LogP contribution in [0.2, 0.25) is 0 Å². The molecule has 2 unspecified atom stereocenters. The van der Waals surface area contributed by atoms with Crippen LogP contribution in [0.3, 0.4) is 0 Å². The van der Waals surface area contributed by atoms with Gasteiger partial charge in [-0.3, -0.25) is 4.40 Å². The van der Waals surface area contributed by atoms with E-state index in [0.717, 1.165) is 48.5 Å². The van der Waals surface area contributed by atoms with Gasteiger partial charge in [-0.05, 0) is 34.7 Å². The van der Waals surface area contributed by atoms with Crippen LogP contribution in [0.25, 0.3) is 5.65 Å². The first-order valence-corrected chi connectivity index (χ1v) is 7.87. The van der Waals surface area contributed by atoms with Crippen molar-refractivity contribution in [3.05, 3.63) is 28.9 Å². The average molecular weight is 339 g/mol. The molecule has 0 aromatic carbocycles. The number of fused-ring (bicyclic) bond motifs is 1. The number of halogens is 1. The highest BCUT2D eigenvalue weighted by atomic mass is 79.9. The monoisotopic (exact) mass is 338 g/mol. The summed E-state index contributed by atoms with van der Waals surface area (Å²) in [5, 5.41) is 3.53. The van der Waals surface area contributed by atoms with Crippen molar-refractivity contribution in [1.29, 1.82) is 0 Å². The van der Waals surface area contributed by atoms with Gasteiger partial charge in [-0.25, -0.2) is 9.97 Å². The predicted molar refractivity (Wildman–Crippen MR) is 80.5 cm³/mol. The summed E-state index contributed by atoms with van der Waals surface area (Å²) in [7, 11) is 0. The second-order valence-corrected chi connectivity index (χ2v) is 6.00. The number of nitrogens with zero attached hydrogens (tertiary/aromatic N) is 3. The van der Waals surface area contributed by atoms with Crippen molar-refractivity contribution in [2.24, 2.45) is 5.92 Å². The van der Waals surface area contributed by atoms with Crippen LogP contribution < -0.4 is 5.32 Å². The molecule has 1 saturated heterocycles. The Balaban J connectivity index is 1.61. The minimum atomic E-state index is 0.419. The highest BCUT2D eigenvalue weighted by molar-refractivity contribution is 9.10. The van der Waals surface area contributed by atoms with E-state index in [9.17, 15) is 0 Å². The molecule has 20 heavy (non-hydrogen) atoms. The zero-order valence-electron chi connectivity index (χ0n) is 11.6. The first kappa shape index (κ1) is 14.0. The number of hydrogen-bond acceptors (Lipinski definition) is 4. The minimum absolute atomic E-state index is 0.419. The molecule has 2 aromatic heterocycles. The van der Waals surface area contributed by atoms with Crippen molar-refractivity contribution in [2.75, 3.05) is 13.2 Å². The van der Waals surface area contributed by atoms with Crippen LogP contribution in [-0.2, 0) is 11.3 Å². The largest absolute Gasteiger partial charge is 0.378 e. The first-order valence-electron chi connectivity index (χ1n) is 7.07. The van der Waals surface area contributed by atoms with Gasteiger partial charge >= 0.3 is 0 Å². The van der Waals surface area contributed by atoms with Crippen molar-refractivity contribution >= 4 is 21.6 Å². The van der Waals surface area contributed by atoms with E-state index in [1.807, 2.05) is 12.4 Å². The lowest BCUT2D eigenvalue weighted by atomic mass is 10.00. The SMILES string of the molecule is CCC1OCCC1CNCc1cnc2cnc(Br)cn12. The number of rotatable bonds is 5. The molecule has 3 heterocycles. The van der Waals surface area contributed by atoms with E-state index in [-0.39, 0.29) is 0 Å². The molecular formula is C14H19BrN4O. The molecule has 2 aromatic rings. The van der Waals surface area contributed by atoms with Gasteiger partial charge in [0.15, 0.2) is 5.65 Å². The molecule has 108 valence electrons. The lowest BCUT2D eigenvalue weighted by molar-refractivity contribution is 0.0872. The fourth-order valence-corrected chi connectivity index (χ4v) is 3.12. The molecule has 0 bridgehead atoms. The van der Waals surface area contributed by atoms with Gasteiger partial charge in [-0.15, -0.1) is 0 Å². The van der Waals surface area contributed by atoms with Gasteiger partial charge in [-0.2, -0.15) is 0 Å². The molecule has 1 aliphatic heterocycles. The molecule has 3 rings (SSSR count). The van der Waals surface area contributed by atoms with Gasteiger partial charge < -0.3 is 10.1 Å². The fourth-order valence-electron chi connectivity index (χ4n) is 2.81. The Morgan fingerprint density at radius 2 is 2.35 bits per heavy atom. The topological polar surface area (TPSA) is 51.5 Å². The molecule has 1 aliphatic rings. The van der Waals surface area contributed by atoms with E-state index in [0.29, 0.717) is 12.0 Å². The maximum absolute atomic E-state index is 5.72. The molecule has 6 heteroatoms. The van der Waals surface area contributed by atoms with Crippen LogP contribution >= 0.6 is 15.9 Å². The van der Waals surface area contributed by atoms with Crippen molar-refractivity contribution < 1.29 is 4.74 Å². The number of hydrogen-bond donors (Lipinski definition) is 1. The van der Waals surface area contributed by atoms with E-state index in [4.69, 9.17) is 4.74 Å². The maximum atomic E-state index is 5.72. The summed E-state index contributed by atoms with van der Waals surface area (Å²) >= 11 is 3.39. The van der Waals surface area contributed by atoms with Crippen LogP contribution in [0.1, 0.15) is 25.5 Å². The third-order valence-corrected chi connectivity index (χ3v) is 4.31. The molecule has 0 saturated carbocycles. The van der Waals surface area contributed by atoms with Crippen LogP contribution in [0, 0.1) is 5.92 Å². The Morgan fingerprint density at radius 1 is 1.45 bits per heavy atom. The highest BCUT2D eigenvalue weighted by Gasteiger charge is 2.26. The molecule has 2 atom stereocenters. The summed E-state index contributed by atoms with van der Waals surface area (Å²) < 4.78 is 8.60. The van der Waals surface area contributed by atoms with Gasteiger partial charge in [0.2, 0.25) is 0 Å². The summed E-state index contributed by atoms with van der Waals surface area (Å²) in [4.78, 5) is 8.54. The van der Waals surface area contributed by atoms with Crippen LogP contribution in [0.15, 0.2) is 23.2 Å². The number of nitrogens with one attached hydrogen (secondary N) is 1. The Hall–Kier alpha value is -0.980. The van der Waals surface area contributed by atoms with E-state index < -0.39 is 0 Å². The first-order chi connectivity index (χ1) is 9.78. The van der Waals surface area contributed by atoms with Gasteiger partial charge in [-0.1, -0.05) is 6.92 Å². The lowest BCUT2D eigenvalue weighted by Gasteiger charge is -2.17. The van der Waals surface area contributed by atoms with Crippen LogP contribution in [0.5, 0.6) is 0 Å². The van der Waals surface area contributed by atoms with E-state index in [1.54, 1.807) is 6.20 Å². The fraction of sp³-hybridized carbons (Fsp3) is 0.571. The Bertz CT molecular complexity index is 586.